The molecule has 1 amide bonds. The van der Waals surface area contributed by atoms with Gasteiger partial charge in [0.1, 0.15) is 11.6 Å². The van der Waals surface area contributed by atoms with E-state index >= 15 is 0 Å². The van der Waals surface area contributed by atoms with Crippen molar-refractivity contribution in [2.45, 2.75) is 51.6 Å². The highest BCUT2D eigenvalue weighted by atomic mass is 16.5. The highest BCUT2D eigenvalue weighted by Gasteiger charge is 2.30. The molecule has 0 spiro atoms. The fraction of sp³-hybridized carbons (Fsp3) is 0.522. The van der Waals surface area contributed by atoms with Crippen molar-refractivity contribution in [3.63, 3.8) is 0 Å². The molecule has 2 aliphatic rings. The number of H-pyrrole nitrogens is 1. The summed E-state index contributed by atoms with van der Waals surface area (Å²) >= 11 is 0. The van der Waals surface area contributed by atoms with Gasteiger partial charge in [-0.1, -0.05) is 19.1 Å². The van der Waals surface area contributed by atoms with Gasteiger partial charge < -0.3 is 14.6 Å². The molecule has 4 rings (SSSR count). The Labute approximate surface area is 177 Å². The number of amides is 1. The Morgan fingerprint density at radius 3 is 2.80 bits per heavy atom. The molecule has 0 bridgehead atoms. The van der Waals surface area contributed by atoms with Crippen LogP contribution >= 0.6 is 0 Å². The van der Waals surface area contributed by atoms with Gasteiger partial charge in [0.15, 0.2) is 0 Å². The van der Waals surface area contributed by atoms with Crippen molar-refractivity contribution in [1.82, 2.24) is 19.8 Å². The van der Waals surface area contributed by atoms with E-state index in [0.717, 1.165) is 55.3 Å². The Morgan fingerprint density at radius 2 is 2.07 bits per heavy atom. The molecule has 0 radical (unpaired) electrons. The number of methoxy groups -OCH3 is 1. The summed E-state index contributed by atoms with van der Waals surface area (Å²) in [6.45, 7) is 5.74. The zero-order valence-electron chi connectivity index (χ0n) is 17.8. The van der Waals surface area contributed by atoms with Crippen LogP contribution in [0.15, 0.2) is 29.1 Å². The fourth-order valence-corrected chi connectivity index (χ4v) is 4.41. The van der Waals surface area contributed by atoms with Crippen molar-refractivity contribution >= 4 is 5.91 Å². The largest absolute Gasteiger partial charge is 0.497 e. The van der Waals surface area contributed by atoms with E-state index in [1.165, 1.54) is 5.56 Å². The number of nitrogens with zero attached hydrogens (tertiary/aromatic N) is 3. The van der Waals surface area contributed by atoms with Crippen molar-refractivity contribution in [2.24, 2.45) is 0 Å². The molecule has 1 atom stereocenters. The van der Waals surface area contributed by atoms with E-state index in [4.69, 9.17) is 9.72 Å². The van der Waals surface area contributed by atoms with Gasteiger partial charge in [-0.05, 0) is 37.0 Å². The number of fused-ring (bicyclic) bond motifs is 1. The van der Waals surface area contributed by atoms with Crippen molar-refractivity contribution in [3.05, 3.63) is 57.3 Å². The zero-order chi connectivity index (χ0) is 21.1. The molecule has 7 nitrogen and oxygen atoms in total. The molecule has 160 valence electrons. The highest BCUT2D eigenvalue weighted by molar-refractivity contribution is 5.76. The highest BCUT2D eigenvalue weighted by Crippen LogP contribution is 2.26. The van der Waals surface area contributed by atoms with Gasteiger partial charge >= 0.3 is 0 Å². The first-order chi connectivity index (χ1) is 14.6. The Bertz CT molecular complexity index is 954. The second-order valence-electron chi connectivity index (χ2n) is 8.26. The molecular formula is C23H30N4O3. The molecule has 1 N–H and O–H groups in total. The normalized spacial score (nSPS) is 19.0. The third kappa shape index (κ3) is 4.41. The predicted octanol–water partition coefficient (Wildman–Crippen LogP) is 2.45. The Hall–Kier alpha value is -2.67. The van der Waals surface area contributed by atoms with Crippen LogP contribution in [0.25, 0.3) is 0 Å². The molecule has 2 aliphatic heterocycles. The third-order valence-electron chi connectivity index (χ3n) is 6.13. The summed E-state index contributed by atoms with van der Waals surface area (Å²) in [5.41, 5.74) is 2.89. The van der Waals surface area contributed by atoms with Crippen LogP contribution in [-0.2, 0) is 24.3 Å². The standard InChI is InChI=1S/C23H30N4O3/c1-3-4-21(28)27-12-9-17(14-27)22-24-20-15-26(11-10-19(20)23(29)25-22)13-16-5-7-18(30-2)8-6-16/h5-8,17H,3-4,9-15H2,1-2H3,(H,24,25,29)/t17-/m1/s1. The Kier molecular flexibility index (Phi) is 6.18. The minimum Gasteiger partial charge on any atom is -0.497 e. The van der Waals surface area contributed by atoms with Crippen LogP contribution < -0.4 is 10.3 Å². The number of aromatic nitrogens is 2. The van der Waals surface area contributed by atoms with Crippen LogP contribution in [0.1, 0.15) is 54.7 Å². The summed E-state index contributed by atoms with van der Waals surface area (Å²) in [4.78, 5) is 37.0. The molecule has 0 saturated carbocycles. The van der Waals surface area contributed by atoms with E-state index < -0.39 is 0 Å². The minimum atomic E-state index is -0.0163. The molecule has 0 unspecified atom stereocenters. The topological polar surface area (TPSA) is 78.5 Å². The first kappa shape index (κ1) is 20.6. The van der Waals surface area contributed by atoms with Crippen LogP contribution in [0.2, 0.25) is 0 Å². The number of rotatable bonds is 6. The van der Waals surface area contributed by atoms with Gasteiger partial charge in [0.25, 0.3) is 5.56 Å². The second-order valence-corrected chi connectivity index (χ2v) is 8.26. The number of ether oxygens (including phenoxy) is 1. The lowest BCUT2D eigenvalue weighted by Crippen LogP contribution is -2.36. The van der Waals surface area contributed by atoms with E-state index in [-0.39, 0.29) is 17.4 Å². The van der Waals surface area contributed by atoms with Crippen molar-refractivity contribution in [3.8, 4) is 5.75 Å². The summed E-state index contributed by atoms with van der Waals surface area (Å²) in [6, 6.07) is 8.09. The van der Waals surface area contributed by atoms with Gasteiger partial charge in [-0.25, -0.2) is 4.98 Å². The summed E-state index contributed by atoms with van der Waals surface area (Å²) in [5, 5.41) is 0. The summed E-state index contributed by atoms with van der Waals surface area (Å²) in [7, 11) is 1.67. The smallest absolute Gasteiger partial charge is 0.254 e. The number of carbonyl (C=O) groups excluding carboxylic acids is 1. The van der Waals surface area contributed by atoms with Gasteiger partial charge in [-0.3, -0.25) is 14.5 Å². The molecule has 7 heteroatoms. The molecule has 1 saturated heterocycles. The number of nitrogens with one attached hydrogen (secondary N) is 1. The molecule has 3 heterocycles. The maximum Gasteiger partial charge on any atom is 0.254 e. The van der Waals surface area contributed by atoms with Gasteiger partial charge in [0.05, 0.1) is 12.8 Å². The van der Waals surface area contributed by atoms with Gasteiger partial charge in [0.2, 0.25) is 5.91 Å². The number of carbonyl (C=O) groups is 1. The summed E-state index contributed by atoms with van der Waals surface area (Å²) in [5.74, 6) is 1.90. The van der Waals surface area contributed by atoms with Crippen LogP contribution in [0.5, 0.6) is 5.75 Å². The molecule has 1 aromatic carbocycles. The number of hydrogen-bond acceptors (Lipinski definition) is 5. The Morgan fingerprint density at radius 1 is 1.27 bits per heavy atom. The van der Waals surface area contributed by atoms with Gasteiger partial charge in [-0.2, -0.15) is 0 Å². The monoisotopic (exact) mass is 410 g/mol. The number of benzene rings is 1. The second kappa shape index (κ2) is 9.00. The van der Waals surface area contributed by atoms with Crippen LogP contribution in [0.4, 0.5) is 0 Å². The Balaban J connectivity index is 1.46. The van der Waals surface area contributed by atoms with Crippen molar-refractivity contribution < 1.29 is 9.53 Å². The fourth-order valence-electron chi connectivity index (χ4n) is 4.41. The average Bonchev–Trinajstić information content (AvgIpc) is 3.25. The molecule has 30 heavy (non-hydrogen) atoms. The number of aromatic amines is 1. The quantitative estimate of drug-likeness (QED) is 0.791. The predicted molar refractivity (Wildman–Crippen MR) is 115 cm³/mol. The van der Waals surface area contributed by atoms with E-state index in [1.54, 1.807) is 7.11 Å². The molecule has 1 fully saturated rings. The van der Waals surface area contributed by atoms with Crippen molar-refractivity contribution in [2.75, 3.05) is 26.7 Å². The zero-order valence-corrected chi connectivity index (χ0v) is 17.8. The van der Waals surface area contributed by atoms with E-state index in [9.17, 15) is 9.59 Å². The lowest BCUT2D eigenvalue weighted by Gasteiger charge is -2.28. The van der Waals surface area contributed by atoms with Crippen LogP contribution in [0.3, 0.4) is 0 Å². The van der Waals surface area contributed by atoms with Crippen molar-refractivity contribution in [1.29, 1.82) is 0 Å². The summed E-state index contributed by atoms with van der Waals surface area (Å²) in [6.07, 6.45) is 3.01. The lowest BCUT2D eigenvalue weighted by molar-refractivity contribution is -0.130. The minimum absolute atomic E-state index is 0.0163. The molecule has 2 aromatic rings. The average molecular weight is 411 g/mol. The molecular weight excluding hydrogens is 380 g/mol. The van der Waals surface area contributed by atoms with Crippen LogP contribution in [0, 0.1) is 0 Å². The number of hydrogen-bond donors (Lipinski definition) is 1. The van der Waals surface area contributed by atoms with E-state index in [0.29, 0.717) is 25.9 Å². The first-order valence-corrected chi connectivity index (χ1v) is 10.8. The molecule has 0 aliphatic carbocycles. The summed E-state index contributed by atoms with van der Waals surface area (Å²) < 4.78 is 5.23. The lowest BCUT2D eigenvalue weighted by atomic mass is 10.0. The molecule has 1 aromatic heterocycles. The number of likely N-dealkylation sites (tertiary alicyclic amines) is 1. The first-order valence-electron chi connectivity index (χ1n) is 10.8. The van der Waals surface area contributed by atoms with Crippen LogP contribution in [-0.4, -0.2) is 52.4 Å². The SMILES string of the molecule is CCCC(=O)N1CC[C@@H](c2nc3c(c(=O)[nH]2)CCN(Cc2ccc(OC)cc2)C3)C1. The maximum atomic E-state index is 12.7. The van der Waals surface area contributed by atoms with E-state index in [1.807, 2.05) is 24.0 Å². The van der Waals surface area contributed by atoms with E-state index in [2.05, 4.69) is 22.0 Å². The third-order valence-corrected chi connectivity index (χ3v) is 6.13. The van der Waals surface area contributed by atoms with Gasteiger partial charge in [0, 0.05) is 50.6 Å². The maximum absolute atomic E-state index is 12.7. The van der Waals surface area contributed by atoms with Gasteiger partial charge in [-0.15, -0.1) is 0 Å².